The smallest absolute Gasteiger partial charge is 0.227 e. The highest BCUT2D eigenvalue weighted by Crippen LogP contribution is 2.32. The van der Waals surface area contributed by atoms with Gasteiger partial charge in [-0.15, -0.1) is 0 Å². The van der Waals surface area contributed by atoms with Crippen molar-refractivity contribution in [1.82, 2.24) is 0 Å². The second kappa shape index (κ2) is 14.9. The first-order valence-electron chi connectivity index (χ1n) is 14.0. The van der Waals surface area contributed by atoms with Crippen LogP contribution in [-0.4, -0.2) is 10.9 Å². The summed E-state index contributed by atoms with van der Waals surface area (Å²) < 4.78 is 0. The number of hydrogen-bond donors (Lipinski definition) is 1. The number of unbranched alkanes of at least 4 members (excludes halogenated alkanes) is 3. The molecular weight excluding hydrogens is 428 g/mol. The molecule has 2 heteroatoms. The molecule has 2 nitrogen and oxygen atoms in total. The summed E-state index contributed by atoms with van der Waals surface area (Å²) in [4.78, 5) is 13.4. The third-order valence-electron chi connectivity index (χ3n) is 7.44. The van der Waals surface area contributed by atoms with Crippen molar-refractivity contribution in [3.05, 3.63) is 76.0 Å². The fourth-order valence-electron chi connectivity index (χ4n) is 4.97. The maximum Gasteiger partial charge on any atom is 0.227 e. The lowest BCUT2D eigenvalue weighted by Gasteiger charge is -2.19. The Morgan fingerprint density at radius 2 is 1.31 bits per heavy atom. The fourth-order valence-corrected chi connectivity index (χ4v) is 4.97. The van der Waals surface area contributed by atoms with Crippen LogP contribution in [0.25, 0.3) is 6.08 Å². The van der Waals surface area contributed by atoms with Gasteiger partial charge in [-0.1, -0.05) is 123 Å². The lowest BCUT2D eigenvalue weighted by molar-refractivity contribution is 0.0979. The minimum Gasteiger partial charge on any atom is -0.504 e. The van der Waals surface area contributed by atoms with Gasteiger partial charge in [0.15, 0.2) is 5.76 Å². The van der Waals surface area contributed by atoms with Crippen LogP contribution >= 0.6 is 0 Å². The first kappa shape index (κ1) is 28.9. The Labute approximate surface area is 214 Å². The molecule has 0 radical (unpaired) electrons. The number of carbonyl (C=O) groups excluding carboxylic acids is 1. The Bertz CT molecular complexity index is 955. The van der Waals surface area contributed by atoms with E-state index in [4.69, 9.17) is 0 Å². The highest BCUT2D eigenvalue weighted by molar-refractivity contribution is 6.10. The molecule has 0 heterocycles. The van der Waals surface area contributed by atoms with Crippen molar-refractivity contribution in [3.63, 3.8) is 0 Å². The average molecular weight is 477 g/mol. The highest BCUT2D eigenvalue weighted by atomic mass is 16.3. The van der Waals surface area contributed by atoms with Crippen LogP contribution in [0.1, 0.15) is 150 Å². The molecule has 0 aliphatic rings. The molecule has 1 N–H and O–H groups in total. The second-order valence-electron chi connectivity index (χ2n) is 10.5. The minimum atomic E-state index is -0.277. The van der Waals surface area contributed by atoms with Crippen LogP contribution in [0.3, 0.4) is 0 Å². The van der Waals surface area contributed by atoms with E-state index in [1.165, 1.54) is 36.8 Å². The van der Waals surface area contributed by atoms with Crippen LogP contribution in [0.5, 0.6) is 0 Å². The van der Waals surface area contributed by atoms with Gasteiger partial charge >= 0.3 is 0 Å². The maximum absolute atomic E-state index is 13.4. The van der Waals surface area contributed by atoms with Gasteiger partial charge in [-0.2, -0.15) is 0 Å². The van der Waals surface area contributed by atoms with Crippen LogP contribution in [0.2, 0.25) is 0 Å². The molecule has 0 aliphatic heterocycles. The molecule has 0 fully saturated rings. The first-order chi connectivity index (χ1) is 16.8. The molecule has 0 aliphatic carbocycles. The number of hydrogen-bond acceptors (Lipinski definition) is 2. The van der Waals surface area contributed by atoms with E-state index < -0.39 is 0 Å². The molecule has 2 aromatic rings. The quantitative estimate of drug-likeness (QED) is 0.158. The Morgan fingerprint density at radius 3 is 1.91 bits per heavy atom. The van der Waals surface area contributed by atoms with Crippen LogP contribution in [0, 0.1) is 0 Å². The van der Waals surface area contributed by atoms with Gasteiger partial charge in [0.2, 0.25) is 5.78 Å². The summed E-state index contributed by atoms with van der Waals surface area (Å²) in [5.41, 5.74) is 5.14. The maximum atomic E-state index is 13.4. The summed E-state index contributed by atoms with van der Waals surface area (Å²) in [6, 6.07) is 14.5. The molecule has 0 bridgehead atoms. The van der Waals surface area contributed by atoms with Crippen molar-refractivity contribution in [1.29, 1.82) is 0 Å². The van der Waals surface area contributed by atoms with Gasteiger partial charge < -0.3 is 5.11 Å². The molecule has 3 atom stereocenters. The first-order valence-corrected chi connectivity index (χ1v) is 14.0. The summed E-state index contributed by atoms with van der Waals surface area (Å²) >= 11 is 0. The van der Waals surface area contributed by atoms with E-state index in [9.17, 15) is 9.90 Å². The summed E-state index contributed by atoms with van der Waals surface area (Å²) in [7, 11) is 0. The van der Waals surface area contributed by atoms with Gasteiger partial charge in [-0.25, -0.2) is 0 Å². The Kier molecular flexibility index (Phi) is 12.3. The van der Waals surface area contributed by atoms with E-state index in [2.05, 4.69) is 59.7 Å². The predicted molar refractivity (Wildman–Crippen MR) is 152 cm³/mol. The van der Waals surface area contributed by atoms with Crippen molar-refractivity contribution in [2.75, 3.05) is 0 Å². The number of aliphatic hydroxyl groups is 1. The van der Waals surface area contributed by atoms with Crippen LogP contribution in [-0.2, 0) is 0 Å². The van der Waals surface area contributed by atoms with E-state index in [1.54, 1.807) is 6.08 Å². The molecule has 2 rings (SSSR count). The van der Waals surface area contributed by atoms with E-state index in [0.717, 1.165) is 43.2 Å². The van der Waals surface area contributed by atoms with E-state index >= 15 is 0 Å². The van der Waals surface area contributed by atoms with Crippen molar-refractivity contribution >= 4 is 11.9 Å². The van der Waals surface area contributed by atoms with Gasteiger partial charge in [0.05, 0.1) is 0 Å². The molecule has 0 aromatic heterocycles. The number of rotatable bonds is 15. The van der Waals surface area contributed by atoms with Crippen molar-refractivity contribution in [3.8, 4) is 0 Å². The Hall–Kier alpha value is -2.35. The second-order valence-corrected chi connectivity index (χ2v) is 10.5. The molecule has 2 aromatic carbocycles. The molecule has 192 valence electrons. The predicted octanol–water partition coefficient (Wildman–Crippen LogP) is 10.3. The third kappa shape index (κ3) is 8.37. The zero-order chi connectivity index (χ0) is 25.8. The zero-order valence-corrected chi connectivity index (χ0v) is 23.1. The van der Waals surface area contributed by atoms with Gasteiger partial charge in [0, 0.05) is 5.56 Å². The number of Topliss-reactive ketones (excluding diaryl/α,β-unsaturated/α-hetero) is 1. The van der Waals surface area contributed by atoms with Gasteiger partial charge in [-0.3, -0.25) is 4.79 Å². The van der Waals surface area contributed by atoms with Gasteiger partial charge in [-0.05, 0) is 65.3 Å². The molecule has 0 amide bonds. The lowest BCUT2D eigenvalue weighted by atomic mass is 9.86. The number of benzene rings is 2. The summed E-state index contributed by atoms with van der Waals surface area (Å²) in [5.74, 6) is 0.684. The van der Waals surface area contributed by atoms with Crippen LogP contribution in [0.15, 0.2) is 48.2 Å². The monoisotopic (exact) mass is 476 g/mol. The van der Waals surface area contributed by atoms with Crippen molar-refractivity contribution < 1.29 is 9.90 Å². The van der Waals surface area contributed by atoms with Crippen molar-refractivity contribution in [2.45, 2.75) is 117 Å². The molecule has 0 spiro atoms. The minimum absolute atomic E-state index is 0.164. The number of ketones is 1. The third-order valence-corrected chi connectivity index (χ3v) is 7.44. The van der Waals surface area contributed by atoms with Gasteiger partial charge in [0.25, 0.3) is 0 Å². The van der Waals surface area contributed by atoms with E-state index in [1.807, 2.05) is 24.3 Å². The lowest BCUT2D eigenvalue weighted by Crippen LogP contribution is -2.09. The molecular formula is C33H48O2. The summed E-state index contributed by atoms with van der Waals surface area (Å²) in [6.07, 6.45) is 12.0. The average Bonchev–Trinajstić information content (AvgIpc) is 2.88. The molecule has 0 saturated carbocycles. The number of aliphatic hydroxyl groups excluding tert-OH is 1. The van der Waals surface area contributed by atoms with Gasteiger partial charge in [0.1, 0.15) is 0 Å². The van der Waals surface area contributed by atoms with E-state index in [-0.39, 0.29) is 17.5 Å². The highest BCUT2D eigenvalue weighted by Gasteiger charge is 2.20. The fraction of sp³-hybridized carbons (Fsp3) is 0.545. The summed E-state index contributed by atoms with van der Waals surface area (Å²) in [6.45, 7) is 13.3. The standard InChI is InChI=1S/C33H48O2/c1-7-10-15-24(4)27-20-21-29(25(5)16-11-8-2)28(22-27)23-32(34)33(35)31-19-14-13-18-30(31)26(6)17-12-9-3/h13-14,18-26,34H,7-12,15-17H2,1-6H3. The largest absolute Gasteiger partial charge is 0.504 e. The normalized spacial score (nSPS) is 14.5. The SMILES string of the molecule is CCCCC(C)c1ccc(C(C)CCCC)c(C=C(O)C(=O)c2ccccc2C(C)CCCC)c1. The molecule has 0 saturated heterocycles. The number of allylic oxidation sites excluding steroid dienone is 1. The van der Waals surface area contributed by atoms with Crippen LogP contribution < -0.4 is 0 Å². The van der Waals surface area contributed by atoms with Crippen LogP contribution in [0.4, 0.5) is 0 Å². The Morgan fingerprint density at radius 1 is 0.771 bits per heavy atom. The number of carbonyl (C=O) groups is 1. The molecule has 3 unspecified atom stereocenters. The Balaban J connectivity index is 2.45. The van der Waals surface area contributed by atoms with E-state index in [0.29, 0.717) is 17.4 Å². The van der Waals surface area contributed by atoms with Crippen molar-refractivity contribution in [2.24, 2.45) is 0 Å². The topological polar surface area (TPSA) is 37.3 Å². The molecule has 35 heavy (non-hydrogen) atoms. The zero-order valence-electron chi connectivity index (χ0n) is 23.1. The summed E-state index contributed by atoms with van der Waals surface area (Å²) in [5, 5.41) is 11.1.